The molecule has 0 unspecified atom stereocenters. The molecule has 1 heterocycles. The van der Waals surface area contributed by atoms with Gasteiger partial charge in [0.25, 0.3) is 5.91 Å². The van der Waals surface area contributed by atoms with Gasteiger partial charge in [0.15, 0.2) is 0 Å². The number of azo groups is 1. The largest absolute Gasteiger partial charge is 0.506 e. The van der Waals surface area contributed by atoms with Crippen molar-refractivity contribution < 1.29 is 19.9 Å². The van der Waals surface area contributed by atoms with Crippen LogP contribution in [0.5, 0.6) is 5.75 Å². The highest BCUT2D eigenvalue weighted by atomic mass is 16.5. The van der Waals surface area contributed by atoms with E-state index >= 15 is 0 Å². The van der Waals surface area contributed by atoms with Crippen molar-refractivity contribution >= 4 is 17.5 Å². The Morgan fingerprint density at radius 2 is 1.78 bits per heavy atom. The zero-order valence-electron chi connectivity index (χ0n) is 14.8. The van der Waals surface area contributed by atoms with Gasteiger partial charge in [-0.2, -0.15) is 5.11 Å². The number of unbranched alkanes of at least 4 members (excludes halogenated alkanes) is 2. The number of aromatic hydroxyl groups is 1. The first-order valence-electron chi connectivity index (χ1n) is 8.60. The second-order valence-corrected chi connectivity index (χ2v) is 5.88. The first-order chi connectivity index (χ1) is 13.0. The molecule has 0 atom stereocenters. The van der Waals surface area contributed by atoms with E-state index in [1.807, 2.05) is 0 Å². The average Bonchev–Trinajstić information content (AvgIpc) is 2.65. The first-order valence-corrected chi connectivity index (χ1v) is 8.60. The predicted molar refractivity (Wildman–Crippen MR) is 99.7 cm³/mol. The lowest BCUT2D eigenvalue weighted by molar-refractivity contribution is -0.118. The Bertz CT molecular complexity index is 768. The third kappa shape index (κ3) is 7.66. The fourth-order valence-electron chi connectivity index (χ4n) is 2.26. The molecule has 8 nitrogen and oxygen atoms in total. The quantitative estimate of drug-likeness (QED) is 0.365. The molecule has 0 saturated carbocycles. The number of allylic oxidation sites excluding steroid dienone is 3. The Morgan fingerprint density at radius 3 is 2.52 bits per heavy atom. The molecule has 0 aliphatic carbocycles. The van der Waals surface area contributed by atoms with Gasteiger partial charge >= 0.3 is 0 Å². The van der Waals surface area contributed by atoms with Crippen molar-refractivity contribution in [2.75, 3.05) is 5.32 Å². The summed E-state index contributed by atoms with van der Waals surface area (Å²) < 4.78 is 0. The summed E-state index contributed by atoms with van der Waals surface area (Å²) in [5.41, 5.74) is 1.11. The molecule has 0 aromatic heterocycles. The summed E-state index contributed by atoms with van der Waals surface area (Å²) in [5, 5.41) is 29.6. The molecule has 0 fully saturated rings. The van der Waals surface area contributed by atoms with Crippen LogP contribution in [-0.4, -0.2) is 27.2 Å². The molecule has 0 radical (unpaired) electrons. The van der Waals surface area contributed by atoms with Crippen molar-refractivity contribution in [3.8, 4) is 5.75 Å². The summed E-state index contributed by atoms with van der Waals surface area (Å²) in [6, 6.07) is 6.55. The number of hydrogen-bond acceptors (Lipinski definition) is 6. The van der Waals surface area contributed by atoms with E-state index in [1.54, 1.807) is 30.4 Å². The maximum absolute atomic E-state index is 11.8. The van der Waals surface area contributed by atoms with Gasteiger partial charge < -0.3 is 10.4 Å². The minimum Gasteiger partial charge on any atom is -0.506 e. The number of nitrogens with zero attached hydrogens (tertiary/aromatic N) is 3. The molecule has 1 aromatic rings. The zero-order valence-corrected chi connectivity index (χ0v) is 14.8. The van der Waals surface area contributed by atoms with E-state index < -0.39 is 0 Å². The van der Waals surface area contributed by atoms with Crippen molar-refractivity contribution in [3.63, 3.8) is 0 Å². The molecule has 0 bridgehead atoms. The van der Waals surface area contributed by atoms with Gasteiger partial charge in [-0.05, 0) is 42.7 Å². The molecule has 1 aromatic carbocycles. The number of benzene rings is 1. The van der Waals surface area contributed by atoms with Crippen molar-refractivity contribution in [2.24, 2.45) is 10.2 Å². The predicted octanol–water partition coefficient (Wildman–Crippen LogP) is 3.88. The lowest BCUT2D eigenvalue weighted by Crippen LogP contribution is -2.11. The summed E-state index contributed by atoms with van der Waals surface area (Å²) in [7, 11) is 0. The number of hydrogen-bond donors (Lipinski definition) is 3. The topological polar surface area (TPSA) is 115 Å². The van der Waals surface area contributed by atoms with Crippen molar-refractivity contribution in [2.45, 2.75) is 32.1 Å². The van der Waals surface area contributed by atoms with E-state index in [9.17, 15) is 14.7 Å². The van der Waals surface area contributed by atoms with E-state index in [0.29, 0.717) is 36.9 Å². The molecular weight excluding hydrogens is 348 g/mol. The van der Waals surface area contributed by atoms with Crippen LogP contribution in [0.25, 0.3) is 0 Å². The van der Waals surface area contributed by atoms with Crippen LogP contribution >= 0.6 is 0 Å². The Kier molecular flexibility index (Phi) is 7.92. The second-order valence-electron chi connectivity index (χ2n) is 5.88. The normalized spacial score (nSPS) is 13.2. The minimum atomic E-state index is -0.321. The molecular formula is C19H22N4O4. The molecule has 1 aliphatic heterocycles. The maximum Gasteiger partial charge on any atom is 0.264 e. The van der Waals surface area contributed by atoms with Crippen LogP contribution in [-0.2, 0) is 9.59 Å². The number of hydroxylamine groups is 2. The number of carbonyl (C=O) groups is 2. The van der Waals surface area contributed by atoms with E-state index in [2.05, 4.69) is 15.5 Å². The average molecular weight is 370 g/mol. The fraction of sp³-hybridized carbons (Fsp3) is 0.263. The third-order valence-corrected chi connectivity index (χ3v) is 3.69. The van der Waals surface area contributed by atoms with Crippen LogP contribution in [0.2, 0.25) is 0 Å². The lowest BCUT2D eigenvalue weighted by Gasteiger charge is -2.08. The number of nitrogens with one attached hydrogen (secondary N) is 1. The molecule has 3 N–H and O–H groups in total. The molecule has 0 saturated heterocycles. The van der Waals surface area contributed by atoms with Crippen LogP contribution in [0, 0.1) is 0 Å². The van der Waals surface area contributed by atoms with Crippen LogP contribution in [0.4, 0.5) is 5.69 Å². The number of amides is 2. The van der Waals surface area contributed by atoms with Gasteiger partial charge in [0.1, 0.15) is 5.75 Å². The van der Waals surface area contributed by atoms with Crippen LogP contribution < -0.4 is 5.32 Å². The van der Waals surface area contributed by atoms with Gasteiger partial charge in [-0.3, -0.25) is 14.8 Å². The highest BCUT2D eigenvalue weighted by Crippen LogP contribution is 2.21. The van der Waals surface area contributed by atoms with Crippen molar-refractivity contribution in [1.29, 1.82) is 0 Å². The van der Waals surface area contributed by atoms with Crippen LogP contribution in [0.1, 0.15) is 32.1 Å². The number of carbonyl (C=O) groups excluding carboxylic acids is 2. The zero-order chi connectivity index (χ0) is 19.5. The van der Waals surface area contributed by atoms with E-state index in [-0.39, 0.29) is 24.0 Å². The third-order valence-electron chi connectivity index (χ3n) is 3.69. The summed E-state index contributed by atoms with van der Waals surface area (Å²) in [6.07, 6.45) is 10.1. The minimum absolute atomic E-state index is 0.0321. The van der Waals surface area contributed by atoms with Gasteiger partial charge in [0.2, 0.25) is 5.91 Å². The summed E-state index contributed by atoms with van der Waals surface area (Å²) in [5.74, 6) is -0.466. The molecule has 2 rings (SSSR count). The Labute approximate surface area is 157 Å². The highest BCUT2D eigenvalue weighted by molar-refractivity contribution is 5.92. The van der Waals surface area contributed by atoms with Crippen molar-refractivity contribution in [3.05, 3.63) is 60.6 Å². The Hall–Kier alpha value is -3.26. The monoisotopic (exact) mass is 370 g/mol. The summed E-state index contributed by atoms with van der Waals surface area (Å²) in [4.78, 5) is 23.4. The summed E-state index contributed by atoms with van der Waals surface area (Å²) in [6.45, 7) is 0. The van der Waals surface area contributed by atoms with Crippen LogP contribution in [0.15, 0.2) is 70.8 Å². The fourth-order valence-corrected chi connectivity index (χ4v) is 2.26. The number of rotatable bonds is 8. The van der Waals surface area contributed by atoms with Crippen molar-refractivity contribution in [1.82, 2.24) is 5.06 Å². The Morgan fingerprint density at radius 1 is 1.07 bits per heavy atom. The SMILES string of the molecule is O=C(CCCCCC(=O)Nc1ccccc1O)N=NC=C1C=CN(O)C=C1. The van der Waals surface area contributed by atoms with Gasteiger partial charge in [-0.15, -0.1) is 5.11 Å². The molecule has 27 heavy (non-hydrogen) atoms. The number of para-hydroxylation sites is 2. The number of anilines is 1. The highest BCUT2D eigenvalue weighted by Gasteiger charge is 2.06. The second kappa shape index (κ2) is 10.7. The first kappa shape index (κ1) is 20.1. The number of phenols is 1. The van der Waals surface area contributed by atoms with E-state index in [0.717, 1.165) is 5.06 Å². The maximum atomic E-state index is 11.8. The van der Waals surface area contributed by atoms with Gasteiger partial charge in [0.05, 0.1) is 11.9 Å². The molecule has 8 heteroatoms. The van der Waals surface area contributed by atoms with Gasteiger partial charge in [-0.1, -0.05) is 18.6 Å². The molecule has 142 valence electrons. The molecule has 1 aliphatic rings. The standard InChI is InChI=1S/C19H22N4O4/c24-17-7-5-4-6-16(17)21-18(25)8-2-1-3-9-19(26)22-20-14-15-10-12-23(27)13-11-15/h4-7,10-14,24,27H,1-3,8-9H2,(H,21,25). The smallest absolute Gasteiger partial charge is 0.264 e. The number of phenolic OH excluding ortho intramolecular Hbond substituents is 1. The van der Waals surface area contributed by atoms with Crippen LogP contribution in [0.3, 0.4) is 0 Å². The van der Waals surface area contributed by atoms with E-state index in [1.165, 1.54) is 24.7 Å². The van der Waals surface area contributed by atoms with Gasteiger partial charge in [-0.25, -0.2) is 5.06 Å². The van der Waals surface area contributed by atoms with E-state index in [4.69, 9.17) is 5.21 Å². The molecule has 2 amide bonds. The molecule has 0 spiro atoms. The lowest BCUT2D eigenvalue weighted by atomic mass is 10.1. The summed E-state index contributed by atoms with van der Waals surface area (Å²) >= 11 is 0. The van der Waals surface area contributed by atoms with Gasteiger partial charge in [0, 0.05) is 25.2 Å². The Balaban J connectivity index is 1.59.